The van der Waals surface area contributed by atoms with Crippen LogP contribution in [0.25, 0.3) is 57.5 Å². The molecule has 2 N–H and O–H groups in total. The van der Waals surface area contributed by atoms with E-state index in [1.54, 1.807) is 0 Å². The summed E-state index contributed by atoms with van der Waals surface area (Å²) in [6.07, 6.45) is 18.4. The first-order chi connectivity index (χ1) is 21.2. The zero-order valence-electron chi connectivity index (χ0n) is 25.6. The second-order valence-corrected chi connectivity index (χ2v) is 11.7. The molecule has 0 radical (unpaired) electrons. The third kappa shape index (κ3) is 6.83. The van der Waals surface area contributed by atoms with E-state index in [9.17, 15) is 0 Å². The number of fused-ring (bicyclic) bond motifs is 8. The Hall–Kier alpha value is -4.38. The molecule has 5 heterocycles. The standard InChI is InChI=1S/C38H43N5/c1-3-5-7-12-24-43(25-13-8-6-4-2)38-35-22-18-31(41-35)26-29-16-20-33(39-29)37(28-14-10-9-11-15-28)34-21-17-30(40-34)27-32-19-23-36(38)42-32/h9-11,14-23,26-27,41-42H,3-8,12-13,24-25H2,1-2H3. The monoisotopic (exact) mass is 569 g/mol. The summed E-state index contributed by atoms with van der Waals surface area (Å²) < 4.78 is 0. The summed E-state index contributed by atoms with van der Waals surface area (Å²) in [7, 11) is 0. The van der Waals surface area contributed by atoms with Crippen LogP contribution in [0.1, 0.15) is 88.0 Å². The zero-order valence-corrected chi connectivity index (χ0v) is 25.6. The first-order valence-corrected chi connectivity index (χ1v) is 16.1. The van der Waals surface area contributed by atoms with E-state index in [0.29, 0.717) is 0 Å². The second kappa shape index (κ2) is 13.7. The SMILES string of the molecule is CCCCCCN(CCCCCC)c1c2ccc(cc3nc(c(-c4ccccc4)c4nc(cc5ccc1[nH]5)C=C4)C=C3)[nH]2. The van der Waals surface area contributed by atoms with Crippen molar-refractivity contribution in [2.75, 3.05) is 18.0 Å². The number of benzene rings is 1. The third-order valence-electron chi connectivity index (χ3n) is 8.31. The summed E-state index contributed by atoms with van der Waals surface area (Å²) in [6.45, 7) is 6.67. The quantitative estimate of drug-likeness (QED) is 0.144. The van der Waals surface area contributed by atoms with E-state index >= 15 is 0 Å². The molecule has 0 spiro atoms. The van der Waals surface area contributed by atoms with Crippen molar-refractivity contribution in [1.82, 2.24) is 19.9 Å². The molecule has 0 atom stereocenters. The van der Waals surface area contributed by atoms with Gasteiger partial charge in [-0.3, -0.25) is 0 Å². The lowest BCUT2D eigenvalue weighted by atomic mass is 10.0. The molecule has 4 aromatic rings. The third-order valence-corrected chi connectivity index (χ3v) is 8.31. The number of anilines is 1. The van der Waals surface area contributed by atoms with Crippen LogP contribution in [0.15, 0.2) is 66.7 Å². The summed E-state index contributed by atoms with van der Waals surface area (Å²) in [5.41, 5.74) is 11.5. The van der Waals surface area contributed by atoms with Gasteiger partial charge in [0.1, 0.15) is 0 Å². The fourth-order valence-corrected chi connectivity index (χ4v) is 6.09. The van der Waals surface area contributed by atoms with Gasteiger partial charge in [-0.15, -0.1) is 0 Å². The number of nitrogens with one attached hydrogen (secondary N) is 2. The number of hydrogen-bond acceptors (Lipinski definition) is 3. The summed E-state index contributed by atoms with van der Waals surface area (Å²) in [5, 5.41) is 0. The van der Waals surface area contributed by atoms with E-state index < -0.39 is 0 Å². The Balaban J connectivity index is 1.54. The molecule has 0 saturated carbocycles. The van der Waals surface area contributed by atoms with Gasteiger partial charge >= 0.3 is 0 Å². The molecule has 0 fully saturated rings. The van der Waals surface area contributed by atoms with E-state index in [-0.39, 0.29) is 0 Å². The van der Waals surface area contributed by atoms with Gasteiger partial charge in [0.2, 0.25) is 0 Å². The Morgan fingerprint density at radius 3 is 1.63 bits per heavy atom. The van der Waals surface area contributed by atoms with Crippen molar-refractivity contribution in [1.29, 1.82) is 0 Å². The molecule has 0 unspecified atom stereocenters. The lowest BCUT2D eigenvalue weighted by molar-refractivity contribution is 0.610. The van der Waals surface area contributed by atoms with E-state index in [1.165, 1.54) is 57.1 Å². The molecule has 0 saturated heterocycles. The molecule has 5 heteroatoms. The highest BCUT2D eigenvalue weighted by atomic mass is 15.1. The minimum absolute atomic E-state index is 0.931. The summed E-state index contributed by atoms with van der Waals surface area (Å²) >= 11 is 0. The summed E-state index contributed by atoms with van der Waals surface area (Å²) in [4.78, 5) is 20.2. The maximum absolute atomic E-state index is 5.06. The molecule has 43 heavy (non-hydrogen) atoms. The van der Waals surface area contributed by atoms with Gasteiger partial charge in [0, 0.05) is 29.7 Å². The molecule has 8 bridgehead atoms. The number of aromatic nitrogens is 4. The van der Waals surface area contributed by atoms with Crippen LogP contribution in [-0.4, -0.2) is 33.0 Å². The van der Waals surface area contributed by atoms with Gasteiger partial charge in [0.05, 0.1) is 39.5 Å². The van der Waals surface area contributed by atoms with Crippen molar-refractivity contribution >= 4 is 52.1 Å². The molecule has 0 aliphatic carbocycles. The normalized spacial score (nSPS) is 12.2. The Bertz CT molecular complexity index is 1650. The van der Waals surface area contributed by atoms with E-state index in [4.69, 9.17) is 9.97 Å². The Morgan fingerprint density at radius 2 is 1.12 bits per heavy atom. The molecule has 220 valence electrons. The summed E-state index contributed by atoms with van der Waals surface area (Å²) in [6, 6.07) is 23.5. The lowest BCUT2D eigenvalue weighted by Crippen LogP contribution is -2.26. The van der Waals surface area contributed by atoms with Gasteiger partial charge in [0.15, 0.2) is 0 Å². The second-order valence-electron chi connectivity index (χ2n) is 11.7. The minimum Gasteiger partial charge on any atom is -0.368 e. The number of H-pyrrole nitrogens is 2. The molecule has 2 aliphatic rings. The van der Waals surface area contributed by atoms with Crippen molar-refractivity contribution in [3.63, 3.8) is 0 Å². The smallest absolute Gasteiger partial charge is 0.0844 e. The average molecular weight is 570 g/mol. The van der Waals surface area contributed by atoms with E-state index in [0.717, 1.165) is 69.1 Å². The maximum Gasteiger partial charge on any atom is 0.0844 e. The molecule has 1 aromatic carbocycles. The average Bonchev–Trinajstić information content (AvgIpc) is 3.84. The number of aromatic amines is 2. The largest absolute Gasteiger partial charge is 0.368 e. The van der Waals surface area contributed by atoms with Crippen molar-refractivity contribution in [2.24, 2.45) is 0 Å². The van der Waals surface area contributed by atoms with Gasteiger partial charge in [-0.25, -0.2) is 9.97 Å². The van der Waals surface area contributed by atoms with Gasteiger partial charge < -0.3 is 14.9 Å². The number of nitrogens with zero attached hydrogens (tertiary/aromatic N) is 3. The van der Waals surface area contributed by atoms with Crippen LogP contribution >= 0.6 is 0 Å². The number of hydrogen-bond donors (Lipinski definition) is 2. The molecular weight excluding hydrogens is 526 g/mol. The van der Waals surface area contributed by atoms with Crippen LogP contribution in [0.5, 0.6) is 0 Å². The first kappa shape index (κ1) is 28.7. The van der Waals surface area contributed by atoms with Crippen LogP contribution in [0, 0.1) is 0 Å². The van der Waals surface area contributed by atoms with Crippen LogP contribution in [0.2, 0.25) is 0 Å². The van der Waals surface area contributed by atoms with Crippen molar-refractivity contribution in [3.05, 3.63) is 89.5 Å². The Morgan fingerprint density at radius 1 is 0.581 bits per heavy atom. The molecule has 3 aromatic heterocycles. The van der Waals surface area contributed by atoms with Gasteiger partial charge in [-0.1, -0.05) is 82.7 Å². The number of unbranched alkanes of at least 4 members (excludes halogenated alkanes) is 6. The van der Waals surface area contributed by atoms with E-state index in [2.05, 4.69) is 114 Å². The molecule has 6 rings (SSSR count). The fraction of sp³-hybridized carbons (Fsp3) is 0.316. The van der Waals surface area contributed by atoms with Crippen LogP contribution in [-0.2, 0) is 0 Å². The highest BCUT2D eigenvalue weighted by Gasteiger charge is 2.15. The molecule has 5 nitrogen and oxygen atoms in total. The van der Waals surface area contributed by atoms with Crippen molar-refractivity contribution in [3.8, 4) is 11.1 Å². The number of rotatable bonds is 12. The van der Waals surface area contributed by atoms with Crippen molar-refractivity contribution in [2.45, 2.75) is 65.2 Å². The minimum atomic E-state index is 0.931. The van der Waals surface area contributed by atoms with Crippen molar-refractivity contribution < 1.29 is 0 Å². The highest BCUT2D eigenvalue weighted by molar-refractivity contribution is 5.91. The predicted molar refractivity (Wildman–Crippen MR) is 185 cm³/mol. The predicted octanol–water partition coefficient (Wildman–Crippen LogP) is 10.3. The van der Waals surface area contributed by atoms with Gasteiger partial charge in [-0.05, 0) is 79.1 Å². The van der Waals surface area contributed by atoms with Crippen LogP contribution in [0.3, 0.4) is 0 Å². The topological polar surface area (TPSA) is 60.6 Å². The van der Waals surface area contributed by atoms with Crippen LogP contribution in [0.4, 0.5) is 5.69 Å². The zero-order chi connectivity index (χ0) is 29.4. The maximum atomic E-state index is 5.06. The highest BCUT2D eigenvalue weighted by Crippen LogP contribution is 2.32. The van der Waals surface area contributed by atoms with Gasteiger partial charge in [0.25, 0.3) is 0 Å². The summed E-state index contributed by atoms with van der Waals surface area (Å²) in [5.74, 6) is 0. The van der Waals surface area contributed by atoms with E-state index in [1.807, 2.05) is 6.07 Å². The van der Waals surface area contributed by atoms with Gasteiger partial charge in [-0.2, -0.15) is 0 Å². The Kier molecular flexibility index (Phi) is 9.17. The molecule has 0 amide bonds. The molecule has 2 aliphatic heterocycles. The lowest BCUT2D eigenvalue weighted by Gasteiger charge is -2.25. The fourth-order valence-electron chi connectivity index (χ4n) is 6.09. The molecular formula is C38H43N5. The van der Waals surface area contributed by atoms with Crippen LogP contribution < -0.4 is 4.90 Å². The first-order valence-electron chi connectivity index (χ1n) is 16.1. The Labute approximate surface area is 255 Å².